The van der Waals surface area contributed by atoms with Crippen molar-refractivity contribution in [2.24, 2.45) is 0 Å². The quantitative estimate of drug-likeness (QED) is 0.810. The number of hydrogen-bond donors (Lipinski definition) is 0. The minimum Gasteiger partial charge on any atom is -0.493 e. The molecule has 1 aromatic heterocycles. The Morgan fingerprint density at radius 3 is 2.81 bits per heavy atom. The molecule has 0 atom stereocenters. The summed E-state index contributed by atoms with van der Waals surface area (Å²) in [4.78, 5) is 1.97. The van der Waals surface area contributed by atoms with E-state index in [2.05, 4.69) is 17.9 Å². The van der Waals surface area contributed by atoms with Gasteiger partial charge in [0.1, 0.15) is 6.61 Å². The normalized spacial score (nSPS) is 9.38. The minimum atomic E-state index is 0.297. The summed E-state index contributed by atoms with van der Waals surface area (Å²) >= 11 is 1.54. The van der Waals surface area contributed by atoms with Crippen molar-refractivity contribution in [1.29, 1.82) is 5.26 Å². The molecule has 0 aliphatic heterocycles. The van der Waals surface area contributed by atoms with E-state index < -0.39 is 0 Å². The zero-order valence-corrected chi connectivity index (χ0v) is 12.8. The van der Waals surface area contributed by atoms with Crippen molar-refractivity contribution in [3.8, 4) is 29.4 Å². The van der Waals surface area contributed by atoms with E-state index in [1.165, 1.54) is 11.3 Å². The van der Waals surface area contributed by atoms with Gasteiger partial charge in [-0.1, -0.05) is 17.9 Å². The number of hydrogen-bond acceptors (Lipinski definition) is 4. The van der Waals surface area contributed by atoms with E-state index in [0.717, 1.165) is 15.3 Å². The highest BCUT2D eigenvalue weighted by Gasteiger charge is 2.03. The Kier molecular flexibility index (Phi) is 5.26. The van der Waals surface area contributed by atoms with Crippen LogP contribution in [0.5, 0.6) is 11.5 Å². The van der Waals surface area contributed by atoms with Gasteiger partial charge in [-0.25, -0.2) is 0 Å². The molecule has 2 rings (SSSR count). The molecule has 0 N–H and O–H groups in total. The first-order valence-corrected chi connectivity index (χ1v) is 7.26. The Morgan fingerprint density at radius 2 is 2.05 bits per heavy atom. The van der Waals surface area contributed by atoms with Crippen molar-refractivity contribution >= 4 is 11.3 Å². The standard InChI is InChI=1S/C17H15NO2S/c1-13-5-8-16(17(12-13)19-2)20-11-3-4-14-6-7-15(21-14)9-10-18/h5-8,12H,9,11H2,1-2H3. The van der Waals surface area contributed by atoms with Crippen LogP contribution in [-0.2, 0) is 6.42 Å². The van der Waals surface area contributed by atoms with Gasteiger partial charge >= 0.3 is 0 Å². The molecule has 1 heterocycles. The molecule has 0 unspecified atom stereocenters. The Balaban J connectivity index is 1.95. The molecule has 106 valence electrons. The van der Waals surface area contributed by atoms with Gasteiger partial charge in [-0.05, 0) is 36.8 Å². The molecule has 0 aliphatic rings. The van der Waals surface area contributed by atoms with Crippen LogP contribution in [0.15, 0.2) is 30.3 Å². The molecule has 0 fully saturated rings. The summed E-state index contributed by atoms with van der Waals surface area (Å²) in [6, 6.07) is 11.8. The highest BCUT2D eigenvalue weighted by Crippen LogP contribution is 2.27. The fourth-order valence-corrected chi connectivity index (χ4v) is 2.56. The van der Waals surface area contributed by atoms with Gasteiger partial charge in [0.15, 0.2) is 11.5 Å². The third kappa shape index (κ3) is 4.27. The number of thiophene rings is 1. The van der Waals surface area contributed by atoms with E-state index in [-0.39, 0.29) is 0 Å². The van der Waals surface area contributed by atoms with Crippen LogP contribution < -0.4 is 9.47 Å². The Morgan fingerprint density at radius 1 is 1.19 bits per heavy atom. The lowest BCUT2D eigenvalue weighted by Gasteiger charge is -2.08. The van der Waals surface area contributed by atoms with E-state index in [0.29, 0.717) is 24.5 Å². The van der Waals surface area contributed by atoms with E-state index in [1.54, 1.807) is 7.11 Å². The summed E-state index contributed by atoms with van der Waals surface area (Å²) in [7, 11) is 1.62. The van der Waals surface area contributed by atoms with E-state index >= 15 is 0 Å². The number of benzene rings is 1. The van der Waals surface area contributed by atoms with Crippen LogP contribution in [0.4, 0.5) is 0 Å². The van der Waals surface area contributed by atoms with Gasteiger partial charge in [0, 0.05) is 4.88 Å². The second-order valence-electron chi connectivity index (χ2n) is 4.35. The minimum absolute atomic E-state index is 0.297. The molecule has 1 aromatic carbocycles. The van der Waals surface area contributed by atoms with Crippen LogP contribution in [0, 0.1) is 30.1 Å². The maximum atomic E-state index is 8.63. The van der Waals surface area contributed by atoms with E-state index in [9.17, 15) is 0 Å². The highest BCUT2D eigenvalue weighted by molar-refractivity contribution is 7.12. The zero-order valence-electron chi connectivity index (χ0n) is 12.0. The first-order valence-electron chi connectivity index (χ1n) is 6.45. The first-order chi connectivity index (χ1) is 10.2. The number of rotatable bonds is 4. The van der Waals surface area contributed by atoms with Crippen LogP contribution >= 0.6 is 11.3 Å². The van der Waals surface area contributed by atoms with Gasteiger partial charge in [-0.3, -0.25) is 0 Å². The number of methoxy groups -OCH3 is 1. The van der Waals surface area contributed by atoms with E-state index in [1.807, 2.05) is 37.3 Å². The molecule has 0 spiro atoms. The Bertz CT molecular complexity index is 716. The fraction of sp³-hybridized carbons (Fsp3) is 0.235. The van der Waals surface area contributed by atoms with Crippen molar-refractivity contribution < 1.29 is 9.47 Å². The van der Waals surface area contributed by atoms with Gasteiger partial charge in [-0.2, -0.15) is 5.26 Å². The maximum Gasteiger partial charge on any atom is 0.162 e. The highest BCUT2D eigenvalue weighted by atomic mass is 32.1. The summed E-state index contributed by atoms with van der Waals surface area (Å²) in [5, 5.41) is 8.63. The fourth-order valence-electron chi connectivity index (χ4n) is 1.75. The second kappa shape index (κ2) is 7.38. The van der Waals surface area contributed by atoms with Crippen LogP contribution in [0.1, 0.15) is 15.3 Å². The molecule has 0 saturated carbocycles. The van der Waals surface area contributed by atoms with Gasteiger partial charge in [-0.15, -0.1) is 11.3 Å². The lowest BCUT2D eigenvalue weighted by molar-refractivity contribution is 0.330. The van der Waals surface area contributed by atoms with Crippen LogP contribution in [0.3, 0.4) is 0 Å². The van der Waals surface area contributed by atoms with Gasteiger partial charge in [0.05, 0.1) is 24.5 Å². The number of nitrogens with zero attached hydrogens (tertiary/aromatic N) is 1. The Labute approximate surface area is 128 Å². The first kappa shape index (κ1) is 15.0. The molecule has 3 nitrogen and oxygen atoms in total. The molecule has 0 amide bonds. The topological polar surface area (TPSA) is 42.2 Å². The van der Waals surface area contributed by atoms with E-state index in [4.69, 9.17) is 14.7 Å². The smallest absolute Gasteiger partial charge is 0.162 e. The van der Waals surface area contributed by atoms with Crippen molar-refractivity contribution in [2.75, 3.05) is 13.7 Å². The molecule has 4 heteroatoms. The third-order valence-electron chi connectivity index (χ3n) is 2.75. The number of ether oxygens (including phenoxy) is 2. The summed E-state index contributed by atoms with van der Waals surface area (Å²) < 4.78 is 10.9. The molecule has 0 aliphatic carbocycles. The van der Waals surface area contributed by atoms with Gasteiger partial charge < -0.3 is 9.47 Å². The predicted octanol–water partition coefficient (Wildman–Crippen LogP) is 3.56. The van der Waals surface area contributed by atoms with Crippen LogP contribution in [0.2, 0.25) is 0 Å². The maximum absolute atomic E-state index is 8.63. The average molecular weight is 297 g/mol. The predicted molar refractivity (Wildman–Crippen MR) is 83.7 cm³/mol. The zero-order chi connectivity index (χ0) is 15.1. The number of aryl methyl sites for hydroxylation is 1. The largest absolute Gasteiger partial charge is 0.493 e. The lowest BCUT2D eigenvalue weighted by atomic mass is 10.2. The monoisotopic (exact) mass is 297 g/mol. The molecule has 21 heavy (non-hydrogen) atoms. The molecule has 2 aromatic rings. The summed E-state index contributed by atoms with van der Waals surface area (Å²) in [5.74, 6) is 7.41. The van der Waals surface area contributed by atoms with Crippen molar-refractivity contribution in [2.45, 2.75) is 13.3 Å². The van der Waals surface area contributed by atoms with Crippen molar-refractivity contribution in [3.05, 3.63) is 45.6 Å². The van der Waals surface area contributed by atoms with Crippen LogP contribution in [-0.4, -0.2) is 13.7 Å². The van der Waals surface area contributed by atoms with Crippen molar-refractivity contribution in [1.82, 2.24) is 0 Å². The second-order valence-corrected chi connectivity index (χ2v) is 5.51. The Hall–Kier alpha value is -2.43. The average Bonchev–Trinajstić information content (AvgIpc) is 2.92. The molecular formula is C17H15NO2S. The van der Waals surface area contributed by atoms with Crippen LogP contribution in [0.25, 0.3) is 0 Å². The van der Waals surface area contributed by atoms with Crippen molar-refractivity contribution in [3.63, 3.8) is 0 Å². The third-order valence-corrected chi connectivity index (χ3v) is 3.75. The summed E-state index contributed by atoms with van der Waals surface area (Å²) in [6.07, 6.45) is 0.434. The molecule has 0 saturated heterocycles. The SMILES string of the molecule is COc1cc(C)ccc1OCC#Cc1ccc(CC#N)s1. The molecule has 0 radical (unpaired) electrons. The summed E-state index contributed by atoms with van der Waals surface area (Å²) in [5.41, 5.74) is 1.12. The molecular weight excluding hydrogens is 282 g/mol. The van der Waals surface area contributed by atoms with Gasteiger partial charge in [0.25, 0.3) is 0 Å². The molecule has 0 bridgehead atoms. The number of nitriles is 1. The lowest BCUT2D eigenvalue weighted by Crippen LogP contribution is -1.97. The summed E-state index contributed by atoms with van der Waals surface area (Å²) in [6.45, 7) is 2.30. The van der Waals surface area contributed by atoms with Gasteiger partial charge in [0.2, 0.25) is 0 Å².